The molecule has 0 bridgehead atoms. The second kappa shape index (κ2) is 5.90. The number of hydrogen-bond acceptors (Lipinski definition) is 2. The van der Waals surface area contributed by atoms with Crippen molar-refractivity contribution in [3.8, 4) is 5.75 Å². The zero-order valence-corrected chi connectivity index (χ0v) is 12.7. The lowest BCUT2D eigenvalue weighted by Crippen LogP contribution is -2.09. The van der Waals surface area contributed by atoms with Crippen LogP contribution in [0.15, 0.2) is 42.5 Å². The fourth-order valence-corrected chi connectivity index (χ4v) is 2.89. The lowest BCUT2D eigenvalue weighted by atomic mass is 9.80. The van der Waals surface area contributed by atoms with E-state index in [0.717, 1.165) is 28.4 Å². The SMILES string of the molecule is COc1cc(C(O)c2ccc(C3CCC3)cc2)ccc1C. The molecule has 0 radical (unpaired) electrons. The van der Waals surface area contributed by atoms with Crippen LogP contribution in [0.2, 0.25) is 0 Å². The van der Waals surface area contributed by atoms with Crippen molar-refractivity contribution in [2.24, 2.45) is 0 Å². The first-order chi connectivity index (χ1) is 10.2. The molecule has 1 saturated carbocycles. The van der Waals surface area contributed by atoms with Gasteiger partial charge in [-0.2, -0.15) is 0 Å². The summed E-state index contributed by atoms with van der Waals surface area (Å²) in [5.74, 6) is 1.55. The molecule has 21 heavy (non-hydrogen) atoms. The van der Waals surface area contributed by atoms with Crippen LogP contribution < -0.4 is 4.74 Å². The van der Waals surface area contributed by atoms with Gasteiger partial charge in [0, 0.05) is 0 Å². The van der Waals surface area contributed by atoms with Crippen LogP contribution in [-0.2, 0) is 0 Å². The molecule has 110 valence electrons. The van der Waals surface area contributed by atoms with E-state index in [4.69, 9.17) is 4.74 Å². The monoisotopic (exact) mass is 282 g/mol. The molecule has 2 nitrogen and oxygen atoms in total. The lowest BCUT2D eigenvalue weighted by Gasteiger charge is -2.26. The van der Waals surface area contributed by atoms with Gasteiger partial charge in [-0.1, -0.05) is 42.8 Å². The second-order valence-corrected chi connectivity index (χ2v) is 5.93. The largest absolute Gasteiger partial charge is 0.496 e. The molecule has 2 aromatic carbocycles. The smallest absolute Gasteiger partial charge is 0.122 e. The molecule has 1 aliphatic rings. The van der Waals surface area contributed by atoms with Crippen LogP contribution >= 0.6 is 0 Å². The standard InChI is InChI=1S/C19H22O2/c1-13-6-7-17(12-18(13)21-2)19(20)16-10-8-15(9-11-16)14-4-3-5-14/h6-12,14,19-20H,3-5H2,1-2H3. The minimum atomic E-state index is -0.602. The molecule has 0 amide bonds. The number of ether oxygens (including phenoxy) is 1. The van der Waals surface area contributed by atoms with Gasteiger partial charge in [0.05, 0.1) is 7.11 Å². The van der Waals surface area contributed by atoms with E-state index >= 15 is 0 Å². The average molecular weight is 282 g/mol. The van der Waals surface area contributed by atoms with Crippen LogP contribution in [-0.4, -0.2) is 12.2 Å². The molecular weight excluding hydrogens is 260 g/mol. The Balaban J connectivity index is 1.82. The summed E-state index contributed by atoms with van der Waals surface area (Å²) in [6.07, 6.45) is 3.35. The molecule has 1 N–H and O–H groups in total. The molecule has 0 aliphatic heterocycles. The van der Waals surface area contributed by atoms with Gasteiger partial charge in [0.25, 0.3) is 0 Å². The summed E-state index contributed by atoms with van der Waals surface area (Å²) in [6, 6.07) is 14.3. The number of aliphatic hydroxyl groups excluding tert-OH is 1. The zero-order chi connectivity index (χ0) is 14.8. The van der Waals surface area contributed by atoms with E-state index in [1.165, 1.54) is 24.8 Å². The minimum Gasteiger partial charge on any atom is -0.496 e. The summed E-state index contributed by atoms with van der Waals surface area (Å²) in [4.78, 5) is 0. The van der Waals surface area contributed by atoms with Crippen molar-refractivity contribution in [2.75, 3.05) is 7.11 Å². The Bertz CT molecular complexity index is 612. The highest BCUT2D eigenvalue weighted by Gasteiger charge is 2.20. The Hall–Kier alpha value is -1.80. The third kappa shape index (κ3) is 2.81. The number of hydrogen-bond donors (Lipinski definition) is 1. The highest BCUT2D eigenvalue weighted by atomic mass is 16.5. The van der Waals surface area contributed by atoms with Crippen LogP contribution in [0, 0.1) is 6.92 Å². The number of rotatable bonds is 4. The number of aliphatic hydroxyl groups is 1. The molecule has 2 heteroatoms. The third-order valence-corrected chi connectivity index (χ3v) is 4.58. The quantitative estimate of drug-likeness (QED) is 0.903. The average Bonchev–Trinajstić information content (AvgIpc) is 2.46. The van der Waals surface area contributed by atoms with E-state index in [1.54, 1.807) is 7.11 Å². The summed E-state index contributed by atoms with van der Waals surface area (Å²) in [5.41, 5.74) is 4.28. The summed E-state index contributed by atoms with van der Waals surface area (Å²) >= 11 is 0. The number of benzene rings is 2. The van der Waals surface area contributed by atoms with Crippen LogP contribution in [0.4, 0.5) is 0 Å². The second-order valence-electron chi connectivity index (χ2n) is 5.93. The van der Waals surface area contributed by atoms with Gasteiger partial charge in [-0.25, -0.2) is 0 Å². The van der Waals surface area contributed by atoms with Gasteiger partial charge in [0.15, 0.2) is 0 Å². The number of methoxy groups -OCH3 is 1. The van der Waals surface area contributed by atoms with Crippen molar-refractivity contribution in [3.63, 3.8) is 0 Å². The molecule has 2 aromatic rings. The Morgan fingerprint density at radius 1 is 1.05 bits per heavy atom. The van der Waals surface area contributed by atoms with E-state index in [0.29, 0.717) is 0 Å². The Kier molecular flexibility index (Phi) is 3.98. The third-order valence-electron chi connectivity index (χ3n) is 4.58. The van der Waals surface area contributed by atoms with E-state index in [-0.39, 0.29) is 0 Å². The molecule has 0 heterocycles. The molecule has 0 aromatic heterocycles. The van der Waals surface area contributed by atoms with Gasteiger partial charge < -0.3 is 9.84 Å². The maximum Gasteiger partial charge on any atom is 0.122 e. The van der Waals surface area contributed by atoms with Crippen molar-refractivity contribution < 1.29 is 9.84 Å². The molecular formula is C19H22O2. The van der Waals surface area contributed by atoms with Gasteiger partial charge in [-0.3, -0.25) is 0 Å². The normalized spacial score (nSPS) is 16.3. The fraction of sp³-hybridized carbons (Fsp3) is 0.368. The summed E-state index contributed by atoms with van der Waals surface area (Å²) in [7, 11) is 1.66. The molecule has 1 unspecified atom stereocenters. The Labute approximate surface area is 126 Å². The molecule has 0 spiro atoms. The van der Waals surface area contributed by atoms with Crippen molar-refractivity contribution in [2.45, 2.75) is 38.2 Å². The lowest BCUT2D eigenvalue weighted by molar-refractivity contribution is 0.219. The van der Waals surface area contributed by atoms with Gasteiger partial charge in [0.2, 0.25) is 0 Å². The summed E-state index contributed by atoms with van der Waals surface area (Å²) in [6.45, 7) is 2.00. The van der Waals surface area contributed by atoms with Gasteiger partial charge in [0.1, 0.15) is 11.9 Å². The van der Waals surface area contributed by atoms with E-state index in [9.17, 15) is 5.11 Å². The van der Waals surface area contributed by atoms with Crippen LogP contribution in [0.1, 0.15) is 53.5 Å². The summed E-state index contributed by atoms with van der Waals surface area (Å²) in [5, 5.41) is 10.5. The van der Waals surface area contributed by atoms with Crippen LogP contribution in [0.25, 0.3) is 0 Å². The van der Waals surface area contributed by atoms with Gasteiger partial charge >= 0.3 is 0 Å². The fourth-order valence-electron chi connectivity index (χ4n) is 2.89. The molecule has 3 rings (SSSR count). The first kappa shape index (κ1) is 14.2. The first-order valence-electron chi connectivity index (χ1n) is 7.61. The molecule has 0 saturated heterocycles. The van der Waals surface area contributed by atoms with Crippen molar-refractivity contribution in [1.82, 2.24) is 0 Å². The van der Waals surface area contributed by atoms with E-state index in [1.807, 2.05) is 37.3 Å². The first-order valence-corrected chi connectivity index (χ1v) is 7.61. The predicted molar refractivity (Wildman–Crippen MR) is 84.8 cm³/mol. The van der Waals surface area contributed by atoms with Gasteiger partial charge in [-0.05, 0) is 54.0 Å². The maximum atomic E-state index is 10.5. The van der Waals surface area contributed by atoms with Gasteiger partial charge in [-0.15, -0.1) is 0 Å². The molecule has 1 aliphatic carbocycles. The molecule has 1 atom stereocenters. The van der Waals surface area contributed by atoms with Crippen molar-refractivity contribution >= 4 is 0 Å². The van der Waals surface area contributed by atoms with Crippen molar-refractivity contribution in [1.29, 1.82) is 0 Å². The topological polar surface area (TPSA) is 29.5 Å². The highest BCUT2D eigenvalue weighted by molar-refractivity contribution is 5.41. The number of aryl methyl sites for hydroxylation is 1. The molecule has 1 fully saturated rings. The maximum absolute atomic E-state index is 10.5. The predicted octanol–water partition coefficient (Wildman–Crippen LogP) is 4.35. The highest BCUT2D eigenvalue weighted by Crippen LogP contribution is 2.37. The van der Waals surface area contributed by atoms with Crippen LogP contribution in [0.5, 0.6) is 5.75 Å². The van der Waals surface area contributed by atoms with Crippen molar-refractivity contribution in [3.05, 3.63) is 64.7 Å². The zero-order valence-electron chi connectivity index (χ0n) is 12.7. The van der Waals surface area contributed by atoms with E-state index < -0.39 is 6.10 Å². The minimum absolute atomic E-state index is 0.602. The Morgan fingerprint density at radius 3 is 2.29 bits per heavy atom. The summed E-state index contributed by atoms with van der Waals surface area (Å²) < 4.78 is 5.33. The Morgan fingerprint density at radius 2 is 1.71 bits per heavy atom. The van der Waals surface area contributed by atoms with E-state index in [2.05, 4.69) is 12.1 Å². The van der Waals surface area contributed by atoms with Crippen LogP contribution in [0.3, 0.4) is 0 Å².